The number of nitro groups is 1. The van der Waals surface area contributed by atoms with Crippen LogP contribution in [0.3, 0.4) is 0 Å². The SMILES string of the molecule is C[C@@H]1CN(c2ccccc2NC(=O)c2cccc(O)c2[N+](=O)[O-])C[C@@H](C)O1. The summed E-state index contributed by atoms with van der Waals surface area (Å²) in [6.07, 6.45) is 0.0920. The molecule has 27 heavy (non-hydrogen) atoms. The topological polar surface area (TPSA) is 105 Å². The van der Waals surface area contributed by atoms with Gasteiger partial charge in [-0.1, -0.05) is 18.2 Å². The van der Waals surface area contributed by atoms with Crippen molar-refractivity contribution in [2.45, 2.75) is 26.1 Å². The Hall–Kier alpha value is -3.13. The van der Waals surface area contributed by atoms with Crippen molar-refractivity contribution in [1.82, 2.24) is 0 Å². The maximum absolute atomic E-state index is 12.7. The molecule has 3 rings (SSSR count). The number of para-hydroxylation sites is 3. The maximum atomic E-state index is 12.7. The molecule has 2 aromatic carbocycles. The van der Waals surface area contributed by atoms with Gasteiger partial charge in [0.2, 0.25) is 0 Å². The number of nitrogens with zero attached hydrogens (tertiary/aromatic N) is 2. The number of nitro benzene ring substituents is 1. The number of carbonyl (C=O) groups excluding carboxylic acids is 1. The highest BCUT2D eigenvalue weighted by Crippen LogP contribution is 2.32. The number of ether oxygens (including phenoxy) is 1. The van der Waals surface area contributed by atoms with Crippen LogP contribution < -0.4 is 10.2 Å². The molecule has 0 aliphatic carbocycles. The quantitative estimate of drug-likeness (QED) is 0.632. The van der Waals surface area contributed by atoms with Crippen molar-refractivity contribution in [3.63, 3.8) is 0 Å². The Morgan fingerprint density at radius 1 is 1.19 bits per heavy atom. The number of nitrogens with one attached hydrogen (secondary N) is 1. The molecule has 142 valence electrons. The molecule has 2 N–H and O–H groups in total. The second-order valence-electron chi connectivity index (χ2n) is 6.56. The molecule has 0 radical (unpaired) electrons. The van der Waals surface area contributed by atoms with Gasteiger partial charge in [0.05, 0.1) is 28.5 Å². The fourth-order valence-electron chi connectivity index (χ4n) is 3.33. The van der Waals surface area contributed by atoms with Gasteiger partial charge >= 0.3 is 5.69 Å². The van der Waals surface area contributed by atoms with Gasteiger partial charge in [0.15, 0.2) is 5.75 Å². The van der Waals surface area contributed by atoms with Crippen molar-refractivity contribution in [3.05, 3.63) is 58.1 Å². The van der Waals surface area contributed by atoms with Crippen LogP contribution in [0.1, 0.15) is 24.2 Å². The van der Waals surface area contributed by atoms with Crippen molar-refractivity contribution in [2.24, 2.45) is 0 Å². The van der Waals surface area contributed by atoms with Crippen LogP contribution in [-0.4, -0.2) is 41.2 Å². The van der Waals surface area contributed by atoms with Gasteiger partial charge < -0.3 is 20.1 Å². The number of hydrogen-bond donors (Lipinski definition) is 2. The number of anilines is 2. The molecule has 0 saturated carbocycles. The monoisotopic (exact) mass is 371 g/mol. The van der Waals surface area contributed by atoms with Crippen LogP contribution in [0.15, 0.2) is 42.5 Å². The van der Waals surface area contributed by atoms with Gasteiger partial charge in [-0.15, -0.1) is 0 Å². The average Bonchev–Trinajstić information content (AvgIpc) is 2.60. The van der Waals surface area contributed by atoms with E-state index in [2.05, 4.69) is 10.2 Å². The summed E-state index contributed by atoms with van der Waals surface area (Å²) in [7, 11) is 0. The van der Waals surface area contributed by atoms with Crippen molar-refractivity contribution in [2.75, 3.05) is 23.3 Å². The van der Waals surface area contributed by atoms with Crippen LogP contribution in [0, 0.1) is 10.1 Å². The fraction of sp³-hybridized carbons (Fsp3) is 0.316. The predicted molar refractivity (Wildman–Crippen MR) is 101 cm³/mol. The Kier molecular flexibility index (Phi) is 5.27. The van der Waals surface area contributed by atoms with Gasteiger partial charge in [0.25, 0.3) is 5.91 Å². The number of morpholine rings is 1. The minimum atomic E-state index is -0.762. The molecule has 1 aliphatic rings. The van der Waals surface area contributed by atoms with Crippen molar-refractivity contribution < 1.29 is 19.6 Å². The molecule has 2 aromatic rings. The Morgan fingerprint density at radius 2 is 1.85 bits per heavy atom. The summed E-state index contributed by atoms with van der Waals surface area (Å²) in [5, 5.41) is 23.7. The number of benzene rings is 2. The van der Waals surface area contributed by atoms with Gasteiger partial charge in [0.1, 0.15) is 5.56 Å². The lowest BCUT2D eigenvalue weighted by atomic mass is 10.1. The van der Waals surface area contributed by atoms with E-state index in [0.29, 0.717) is 18.8 Å². The third kappa shape index (κ3) is 4.01. The summed E-state index contributed by atoms with van der Waals surface area (Å²) in [5.74, 6) is -1.20. The second kappa shape index (κ2) is 7.63. The van der Waals surface area contributed by atoms with Gasteiger partial charge in [-0.25, -0.2) is 0 Å². The molecule has 0 bridgehead atoms. The van der Waals surface area contributed by atoms with Crippen LogP contribution in [0.5, 0.6) is 5.75 Å². The van der Waals surface area contributed by atoms with Crippen LogP contribution >= 0.6 is 0 Å². The minimum Gasteiger partial charge on any atom is -0.502 e. The zero-order valence-electron chi connectivity index (χ0n) is 15.1. The normalized spacial score (nSPS) is 19.6. The third-order valence-electron chi connectivity index (χ3n) is 4.35. The fourth-order valence-corrected chi connectivity index (χ4v) is 3.33. The van der Waals surface area contributed by atoms with Crippen molar-refractivity contribution >= 4 is 23.0 Å². The molecule has 1 amide bonds. The number of hydrogen-bond acceptors (Lipinski definition) is 6. The Morgan fingerprint density at radius 3 is 2.52 bits per heavy atom. The lowest BCUT2D eigenvalue weighted by molar-refractivity contribution is -0.386. The molecule has 1 fully saturated rings. The molecule has 1 aliphatic heterocycles. The molecular weight excluding hydrogens is 350 g/mol. The Balaban J connectivity index is 1.90. The van der Waals surface area contributed by atoms with Gasteiger partial charge in [-0.3, -0.25) is 14.9 Å². The highest BCUT2D eigenvalue weighted by molar-refractivity contribution is 6.09. The Bertz CT molecular complexity index is 860. The molecular formula is C19H21N3O5. The van der Waals surface area contributed by atoms with E-state index >= 15 is 0 Å². The number of amides is 1. The van der Waals surface area contributed by atoms with E-state index in [9.17, 15) is 20.0 Å². The highest BCUT2D eigenvalue weighted by Gasteiger charge is 2.27. The highest BCUT2D eigenvalue weighted by atomic mass is 16.6. The number of aromatic hydroxyl groups is 1. The minimum absolute atomic E-state index is 0.0460. The molecule has 8 heteroatoms. The standard InChI is InChI=1S/C19H21N3O5/c1-12-10-21(11-13(2)27-12)16-8-4-3-7-15(16)20-19(24)14-6-5-9-17(23)18(14)22(25)26/h3-9,12-13,23H,10-11H2,1-2H3,(H,20,24)/t12-,13-/m1/s1. The third-order valence-corrected chi connectivity index (χ3v) is 4.35. The van der Waals surface area contributed by atoms with Crippen LogP contribution in [-0.2, 0) is 4.74 Å². The van der Waals surface area contributed by atoms with Crippen molar-refractivity contribution in [3.8, 4) is 5.75 Å². The van der Waals surface area contributed by atoms with Gasteiger partial charge in [-0.05, 0) is 38.1 Å². The summed E-state index contributed by atoms with van der Waals surface area (Å²) in [6.45, 7) is 5.31. The summed E-state index contributed by atoms with van der Waals surface area (Å²) in [5.41, 5.74) is 0.553. The van der Waals surface area contributed by atoms with E-state index < -0.39 is 22.3 Å². The van der Waals surface area contributed by atoms with Crippen LogP contribution in [0.2, 0.25) is 0 Å². The van der Waals surface area contributed by atoms with Crippen LogP contribution in [0.4, 0.5) is 17.1 Å². The van der Waals surface area contributed by atoms with E-state index in [1.165, 1.54) is 18.2 Å². The summed E-state index contributed by atoms with van der Waals surface area (Å²) in [4.78, 5) is 25.3. The lowest BCUT2D eigenvalue weighted by Crippen LogP contribution is -2.45. The van der Waals surface area contributed by atoms with E-state index in [0.717, 1.165) is 5.69 Å². The molecule has 8 nitrogen and oxygen atoms in total. The number of rotatable bonds is 4. The first kappa shape index (κ1) is 18.7. The van der Waals surface area contributed by atoms with E-state index in [4.69, 9.17) is 4.74 Å². The number of carbonyl (C=O) groups is 1. The smallest absolute Gasteiger partial charge is 0.323 e. The van der Waals surface area contributed by atoms with Gasteiger partial charge in [0, 0.05) is 13.1 Å². The van der Waals surface area contributed by atoms with E-state index in [-0.39, 0.29) is 17.8 Å². The molecule has 2 atom stereocenters. The maximum Gasteiger partial charge on any atom is 0.323 e. The van der Waals surface area contributed by atoms with E-state index in [1.54, 1.807) is 12.1 Å². The van der Waals surface area contributed by atoms with E-state index in [1.807, 2.05) is 26.0 Å². The number of phenols is 1. The van der Waals surface area contributed by atoms with Gasteiger partial charge in [-0.2, -0.15) is 0 Å². The average molecular weight is 371 g/mol. The zero-order chi connectivity index (χ0) is 19.6. The van der Waals surface area contributed by atoms with Crippen LogP contribution in [0.25, 0.3) is 0 Å². The Labute approximate surface area is 156 Å². The summed E-state index contributed by atoms with van der Waals surface area (Å²) < 4.78 is 5.75. The number of phenolic OH excluding ortho intramolecular Hbond substituents is 1. The first-order valence-corrected chi connectivity index (χ1v) is 8.64. The second-order valence-corrected chi connectivity index (χ2v) is 6.56. The molecule has 1 saturated heterocycles. The van der Waals surface area contributed by atoms with Crippen molar-refractivity contribution in [1.29, 1.82) is 0 Å². The largest absolute Gasteiger partial charge is 0.502 e. The molecule has 0 spiro atoms. The molecule has 1 heterocycles. The summed E-state index contributed by atoms with van der Waals surface area (Å²) >= 11 is 0. The summed E-state index contributed by atoms with van der Waals surface area (Å²) in [6, 6.07) is 11.2. The zero-order valence-corrected chi connectivity index (χ0v) is 15.1. The first-order valence-electron chi connectivity index (χ1n) is 8.64. The molecule has 0 aromatic heterocycles. The lowest BCUT2D eigenvalue weighted by Gasteiger charge is -2.37. The molecule has 0 unspecified atom stereocenters. The predicted octanol–water partition coefficient (Wildman–Crippen LogP) is 3.17. The first-order chi connectivity index (χ1) is 12.9.